The molecule has 0 unspecified atom stereocenters. The highest BCUT2D eigenvalue weighted by Crippen LogP contribution is 2.28. The van der Waals surface area contributed by atoms with Gasteiger partial charge in [0.25, 0.3) is 0 Å². The van der Waals surface area contributed by atoms with Crippen LogP contribution in [0.4, 0.5) is 0 Å². The number of methoxy groups -OCH3 is 1. The van der Waals surface area contributed by atoms with E-state index in [0.717, 1.165) is 4.47 Å². The molecule has 5 nitrogen and oxygen atoms in total. The minimum absolute atomic E-state index is 0.247. The van der Waals surface area contributed by atoms with E-state index < -0.39 is 11.9 Å². The van der Waals surface area contributed by atoms with Crippen molar-refractivity contribution in [3.63, 3.8) is 0 Å². The van der Waals surface area contributed by atoms with Gasteiger partial charge in [-0.05, 0) is 52.3 Å². The van der Waals surface area contributed by atoms with Crippen LogP contribution < -0.4 is 9.47 Å². The van der Waals surface area contributed by atoms with Gasteiger partial charge >= 0.3 is 11.9 Å². The van der Waals surface area contributed by atoms with Gasteiger partial charge < -0.3 is 14.2 Å². The number of halogens is 2. The average molecular weight is 444 g/mol. The Balaban J connectivity index is 1.96. The zero-order valence-electron chi connectivity index (χ0n) is 12.0. The summed E-state index contributed by atoms with van der Waals surface area (Å²) < 4.78 is 16.7. The summed E-state index contributed by atoms with van der Waals surface area (Å²) in [5, 5.41) is 0. The van der Waals surface area contributed by atoms with E-state index in [1.807, 2.05) is 0 Å². The Bertz CT molecular complexity index is 730. The molecule has 0 fully saturated rings. The van der Waals surface area contributed by atoms with Crippen molar-refractivity contribution in [2.75, 3.05) is 13.7 Å². The molecule has 0 heterocycles. The Hall–Kier alpha value is -1.86. The maximum absolute atomic E-state index is 11.8. The summed E-state index contributed by atoms with van der Waals surface area (Å²) in [5.41, 5.74) is 0.300. The van der Waals surface area contributed by atoms with E-state index in [1.54, 1.807) is 36.4 Å². The molecule has 7 heteroatoms. The van der Waals surface area contributed by atoms with E-state index in [9.17, 15) is 9.59 Å². The van der Waals surface area contributed by atoms with Gasteiger partial charge in [0.1, 0.15) is 11.5 Å². The highest BCUT2D eigenvalue weighted by atomic mass is 79.9. The summed E-state index contributed by atoms with van der Waals surface area (Å²) in [6.45, 7) is -0.261. The molecule has 0 aliphatic heterocycles. The highest BCUT2D eigenvalue weighted by Gasteiger charge is 2.11. The molecule has 2 rings (SSSR count). The minimum Gasteiger partial charge on any atom is -0.481 e. The number of hydrogen-bond donors (Lipinski definition) is 0. The maximum atomic E-state index is 11.8. The Morgan fingerprint density at radius 1 is 1.09 bits per heavy atom. The molecule has 0 aromatic heterocycles. The Kier molecular flexibility index (Phi) is 6.18. The number of carbonyl (C=O) groups is 2. The Morgan fingerprint density at radius 3 is 2.57 bits per heavy atom. The second-order valence-corrected chi connectivity index (χ2v) is 6.13. The molecule has 0 aliphatic rings. The van der Waals surface area contributed by atoms with Gasteiger partial charge in [0.2, 0.25) is 0 Å². The zero-order chi connectivity index (χ0) is 16.8. The lowest BCUT2D eigenvalue weighted by atomic mass is 10.2. The van der Waals surface area contributed by atoms with Crippen LogP contribution in [0.15, 0.2) is 51.4 Å². The van der Waals surface area contributed by atoms with Crippen LogP contribution in [-0.4, -0.2) is 25.7 Å². The molecule has 23 heavy (non-hydrogen) atoms. The Labute approximate surface area is 149 Å². The predicted molar refractivity (Wildman–Crippen MR) is 90.8 cm³/mol. The highest BCUT2D eigenvalue weighted by molar-refractivity contribution is 9.11. The lowest BCUT2D eigenvalue weighted by Gasteiger charge is -2.09. The van der Waals surface area contributed by atoms with Crippen LogP contribution in [0, 0.1) is 0 Å². The number of ether oxygens (including phenoxy) is 3. The van der Waals surface area contributed by atoms with E-state index in [1.165, 1.54) is 13.2 Å². The van der Waals surface area contributed by atoms with Gasteiger partial charge in [0.05, 0.1) is 17.1 Å². The first kappa shape index (κ1) is 17.5. The Morgan fingerprint density at radius 2 is 1.87 bits per heavy atom. The van der Waals surface area contributed by atoms with Crippen LogP contribution in [0.2, 0.25) is 0 Å². The first-order valence-electron chi connectivity index (χ1n) is 6.46. The molecule has 0 saturated carbocycles. The van der Waals surface area contributed by atoms with Crippen LogP contribution in [0.3, 0.4) is 0 Å². The van der Waals surface area contributed by atoms with Crippen LogP contribution in [0.5, 0.6) is 11.5 Å². The van der Waals surface area contributed by atoms with Gasteiger partial charge in [0, 0.05) is 4.47 Å². The second kappa shape index (κ2) is 8.12. The quantitative estimate of drug-likeness (QED) is 0.516. The standard InChI is InChI=1S/C16H12Br2O5/c1-21-16(20)10-3-2-4-12(7-10)23-15(19)9-22-14-6-5-11(17)8-13(14)18/h2-8H,9H2,1H3. The molecular weight excluding hydrogens is 432 g/mol. The number of rotatable bonds is 5. The summed E-state index contributed by atoms with van der Waals surface area (Å²) in [5.74, 6) is -0.315. The zero-order valence-corrected chi connectivity index (χ0v) is 15.2. The van der Waals surface area contributed by atoms with Crippen molar-refractivity contribution in [3.8, 4) is 11.5 Å². The largest absolute Gasteiger partial charge is 0.481 e. The van der Waals surface area contributed by atoms with Crippen molar-refractivity contribution in [3.05, 3.63) is 57.0 Å². The molecule has 0 amide bonds. The molecule has 2 aromatic carbocycles. The summed E-state index contributed by atoms with van der Waals surface area (Å²) in [6.07, 6.45) is 0. The first-order valence-corrected chi connectivity index (χ1v) is 8.05. The normalized spacial score (nSPS) is 10.0. The molecule has 0 saturated heterocycles. The third-order valence-electron chi connectivity index (χ3n) is 2.73. The van der Waals surface area contributed by atoms with Crippen molar-refractivity contribution in [2.45, 2.75) is 0 Å². The fraction of sp³-hybridized carbons (Fsp3) is 0.125. The minimum atomic E-state index is -0.582. The first-order chi connectivity index (χ1) is 11.0. The van der Waals surface area contributed by atoms with E-state index >= 15 is 0 Å². The van der Waals surface area contributed by atoms with Crippen molar-refractivity contribution >= 4 is 43.8 Å². The van der Waals surface area contributed by atoms with E-state index in [-0.39, 0.29) is 12.4 Å². The summed E-state index contributed by atoms with van der Waals surface area (Å²) >= 11 is 6.67. The van der Waals surface area contributed by atoms with Gasteiger partial charge in [-0.3, -0.25) is 0 Å². The van der Waals surface area contributed by atoms with E-state index in [2.05, 4.69) is 36.6 Å². The third kappa shape index (κ3) is 5.07. The molecule has 0 bridgehead atoms. The van der Waals surface area contributed by atoms with Gasteiger partial charge in [0.15, 0.2) is 6.61 Å². The molecule has 0 aliphatic carbocycles. The molecule has 2 aromatic rings. The summed E-state index contributed by atoms with van der Waals surface area (Å²) in [6, 6.07) is 11.5. The fourth-order valence-corrected chi connectivity index (χ4v) is 2.86. The van der Waals surface area contributed by atoms with Gasteiger partial charge in [-0.2, -0.15) is 0 Å². The van der Waals surface area contributed by atoms with Crippen molar-refractivity contribution < 1.29 is 23.8 Å². The molecule has 0 radical (unpaired) electrons. The van der Waals surface area contributed by atoms with Gasteiger partial charge in [-0.15, -0.1) is 0 Å². The smallest absolute Gasteiger partial charge is 0.349 e. The third-order valence-corrected chi connectivity index (χ3v) is 3.84. The molecule has 120 valence electrons. The van der Waals surface area contributed by atoms with Crippen LogP contribution in [-0.2, 0) is 9.53 Å². The van der Waals surface area contributed by atoms with Crippen LogP contribution in [0.1, 0.15) is 10.4 Å². The number of hydrogen-bond acceptors (Lipinski definition) is 5. The summed E-state index contributed by atoms with van der Waals surface area (Å²) in [7, 11) is 1.28. The lowest BCUT2D eigenvalue weighted by Crippen LogP contribution is -2.18. The lowest BCUT2D eigenvalue weighted by molar-refractivity contribution is -0.136. The maximum Gasteiger partial charge on any atom is 0.349 e. The fourth-order valence-electron chi connectivity index (χ4n) is 1.69. The molecule has 0 N–H and O–H groups in total. The number of carbonyl (C=O) groups excluding carboxylic acids is 2. The SMILES string of the molecule is COC(=O)c1cccc(OC(=O)COc2ccc(Br)cc2Br)c1. The van der Waals surface area contributed by atoms with Crippen LogP contribution in [0.25, 0.3) is 0 Å². The van der Waals surface area contributed by atoms with Crippen molar-refractivity contribution in [2.24, 2.45) is 0 Å². The second-order valence-electron chi connectivity index (χ2n) is 4.36. The summed E-state index contributed by atoms with van der Waals surface area (Å²) in [4.78, 5) is 23.3. The van der Waals surface area contributed by atoms with Crippen molar-refractivity contribution in [1.29, 1.82) is 0 Å². The predicted octanol–water partition coefficient (Wildman–Crippen LogP) is 3.98. The van der Waals surface area contributed by atoms with E-state index in [4.69, 9.17) is 9.47 Å². The number of benzene rings is 2. The van der Waals surface area contributed by atoms with Gasteiger partial charge in [-0.1, -0.05) is 22.0 Å². The number of esters is 2. The molecule has 0 atom stereocenters. The van der Waals surface area contributed by atoms with Crippen LogP contribution >= 0.6 is 31.9 Å². The van der Waals surface area contributed by atoms with Crippen molar-refractivity contribution in [1.82, 2.24) is 0 Å². The topological polar surface area (TPSA) is 61.8 Å². The average Bonchev–Trinajstić information content (AvgIpc) is 2.53. The van der Waals surface area contributed by atoms with E-state index in [0.29, 0.717) is 15.8 Å². The molecule has 0 spiro atoms. The monoisotopic (exact) mass is 442 g/mol. The van der Waals surface area contributed by atoms with Gasteiger partial charge in [-0.25, -0.2) is 9.59 Å². The molecular formula is C16H12Br2O5.